The van der Waals surface area contributed by atoms with Crippen molar-refractivity contribution in [3.05, 3.63) is 121 Å². The summed E-state index contributed by atoms with van der Waals surface area (Å²) < 4.78 is 0. The van der Waals surface area contributed by atoms with Crippen LogP contribution in [0, 0.1) is 13.8 Å². The predicted octanol–water partition coefficient (Wildman–Crippen LogP) is 9.04. The maximum atomic E-state index is 9.48. The number of hydrogen-bond donors (Lipinski definition) is 3. The Labute approximate surface area is 336 Å². The molecule has 0 aromatic heterocycles. The van der Waals surface area contributed by atoms with Crippen molar-refractivity contribution in [2.75, 3.05) is 83.0 Å². The first-order valence-corrected chi connectivity index (χ1v) is 19.5. The maximum absolute atomic E-state index is 9.48. The van der Waals surface area contributed by atoms with E-state index in [-0.39, 0.29) is 18.4 Å². The van der Waals surface area contributed by atoms with E-state index in [1.54, 1.807) is 0 Å². The highest BCUT2D eigenvalue weighted by molar-refractivity contribution is 5.85. The molecule has 0 amide bonds. The Kier molecular flexibility index (Phi) is 18.5. The van der Waals surface area contributed by atoms with Crippen molar-refractivity contribution in [3.8, 4) is 0 Å². The van der Waals surface area contributed by atoms with E-state index in [4.69, 9.17) is 5.73 Å². The van der Waals surface area contributed by atoms with Gasteiger partial charge < -0.3 is 36.0 Å². The molecule has 2 heterocycles. The van der Waals surface area contributed by atoms with Gasteiger partial charge in [0.1, 0.15) is 0 Å². The lowest BCUT2D eigenvalue weighted by Crippen LogP contribution is -2.46. The average Bonchev–Trinajstić information content (AvgIpc) is 3.20. The number of hydrogen-bond acceptors (Lipinski definition) is 9. The second-order valence-electron chi connectivity index (χ2n) is 14.3. The Morgan fingerprint density at radius 2 is 1.00 bits per heavy atom. The van der Waals surface area contributed by atoms with Gasteiger partial charge in [0.05, 0.1) is 11.9 Å². The molecule has 2 atom stereocenters. The van der Waals surface area contributed by atoms with E-state index >= 15 is 0 Å². The summed E-state index contributed by atoms with van der Waals surface area (Å²) in [4.78, 5) is 22.7. The van der Waals surface area contributed by atoms with Gasteiger partial charge >= 0.3 is 0 Å². The van der Waals surface area contributed by atoms with Crippen LogP contribution in [-0.2, 0) is 4.79 Å². The number of halogens is 1. The van der Waals surface area contributed by atoms with Gasteiger partial charge in [0.2, 0.25) is 6.08 Å². The number of benzene rings is 4. The van der Waals surface area contributed by atoms with Crippen LogP contribution < -0.4 is 36.0 Å². The largest absolute Gasteiger partial charge is 0.399 e. The second kappa shape index (κ2) is 23.0. The van der Waals surface area contributed by atoms with Gasteiger partial charge in [-0.05, 0) is 113 Å². The first-order valence-electron chi connectivity index (χ1n) is 19.5. The lowest BCUT2D eigenvalue weighted by atomic mass is 10.2. The monoisotopic (exact) mass is 766 g/mol. The summed E-state index contributed by atoms with van der Waals surface area (Å²) in [6.07, 6.45) is 3.48. The smallest absolute Gasteiger partial charge is 0.235 e. The van der Waals surface area contributed by atoms with E-state index in [9.17, 15) is 4.79 Å². The molecule has 4 aromatic rings. The van der Waals surface area contributed by atoms with Gasteiger partial charge in [0.15, 0.2) is 0 Å². The number of nitrogens with zero attached hydrogens (tertiary/aromatic N) is 5. The number of rotatable bonds is 11. The van der Waals surface area contributed by atoms with E-state index in [0.717, 1.165) is 82.4 Å². The molecule has 2 fully saturated rings. The molecule has 2 aliphatic rings. The normalized spacial score (nSPS) is 14.7. The van der Waals surface area contributed by atoms with Crippen molar-refractivity contribution < 1.29 is 4.79 Å². The van der Waals surface area contributed by atoms with E-state index in [2.05, 4.69) is 154 Å². The Balaban J connectivity index is 0.000000255. The molecule has 4 N–H and O–H groups in total. The van der Waals surface area contributed by atoms with Gasteiger partial charge in [0.25, 0.3) is 0 Å². The van der Waals surface area contributed by atoms with Crippen molar-refractivity contribution in [2.24, 2.45) is 4.99 Å². The molecule has 2 unspecified atom stereocenters. The fourth-order valence-corrected chi connectivity index (χ4v) is 6.19. The quantitative estimate of drug-likeness (QED) is 0.0792. The molecule has 6 rings (SSSR count). The molecule has 0 spiro atoms. The molecule has 0 saturated carbocycles. The molecule has 2 saturated heterocycles. The average molecular weight is 768 g/mol. The minimum Gasteiger partial charge on any atom is -0.399 e. The lowest BCUT2D eigenvalue weighted by molar-refractivity contribution is 0.557. The number of anilines is 6. The summed E-state index contributed by atoms with van der Waals surface area (Å²) in [6, 6.07) is 35.0. The van der Waals surface area contributed by atoms with Crippen LogP contribution >= 0.6 is 12.4 Å². The lowest BCUT2D eigenvalue weighted by Gasteiger charge is -2.37. The van der Waals surface area contributed by atoms with Crippen LogP contribution in [0.25, 0.3) is 0 Å². The number of nitrogens with one attached hydrogen (secondary N) is 2. The summed E-state index contributed by atoms with van der Waals surface area (Å²) >= 11 is 0. The molecule has 10 heteroatoms. The number of carbonyl (C=O) groups excluding carboxylic acids is 1. The fourth-order valence-electron chi connectivity index (χ4n) is 6.19. The molecule has 2 aliphatic heterocycles. The molecule has 0 bridgehead atoms. The van der Waals surface area contributed by atoms with Crippen LogP contribution in [0.15, 0.2) is 114 Å². The number of nitrogens with two attached hydrogens (primary N) is 1. The van der Waals surface area contributed by atoms with Gasteiger partial charge in [-0.15, -0.1) is 12.4 Å². The minimum atomic E-state index is 0. The number of aliphatic imine (C=N–C) groups is 1. The molecule has 0 radical (unpaired) electrons. The Bertz CT molecular complexity index is 1670. The van der Waals surface area contributed by atoms with Crippen molar-refractivity contribution in [1.82, 2.24) is 5.32 Å². The third-order valence-corrected chi connectivity index (χ3v) is 10.0. The zero-order chi connectivity index (χ0) is 38.9. The van der Waals surface area contributed by atoms with Gasteiger partial charge in [-0.25, -0.2) is 9.79 Å². The summed E-state index contributed by atoms with van der Waals surface area (Å²) in [5.41, 5.74) is 15.5. The SMILES string of the molecule is C=C(Nc1ccc(N2CCN(c3ccc(C)cc3)CC2)cc1)NC(C)CC.CCC(C)N=C=O.Cc1ccc(N2CCN(c3ccc(N)cc3)CC2)cc1.Cl. The van der Waals surface area contributed by atoms with E-state index in [0.29, 0.717) is 6.04 Å². The third-order valence-electron chi connectivity index (χ3n) is 10.0. The van der Waals surface area contributed by atoms with Crippen molar-refractivity contribution in [3.63, 3.8) is 0 Å². The highest BCUT2D eigenvalue weighted by Crippen LogP contribution is 2.24. The first kappa shape index (κ1) is 44.3. The van der Waals surface area contributed by atoms with E-state index in [1.807, 2.05) is 26.0 Å². The van der Waals surface area contributed by atoms with Crippen molar-refractivity contribution in [1.29, 1.82) is 0 Å². The summed E-state index contributed by atoms with van der Waals surface area (Å²) in [7, 11) is 0. The highest BCUT2D eigenvalue weighted by Gasteiger charge is 2.18. The standard InChI is InChI=1S/C23H32N4.C17H21N3.C5H9NO.ClH/c1-5-19(3)24-20(4)25-21-8-12-23(13-9-21)27-16-14-26(15-17-27)22-10-6-18(2)7-11-22;1-14-2-6-16(7-3-14)19-10-12-20(13-11-19)17-8-4-15(18)5-9-17;1-3-5(2)6-4-7;/h6-13,19,24-25H,4-5,14-17H2,1-3H3;2-9H,10-13,18H2,1H3;5H,3H2,1-2H3;1H. The van der Waals surface area contributed by atoms with E-state index < -0.39 is 0 Å². The first-order chi connectivity index (χ1) is 26.1. The highest BCUT2D eigenvalue weighted by atomic mass is 35.5. The van der Waals surface area contributed by atoms with Crippen molar-refractivity contribution >= 4 is 52.6 Å². The second-order valence-corrected chi connectivity index (χ2v) is 14.3. The van der Waals surface area contributed by atoms with Gasteiger partial charge in [-0.3, -0.25) is 0 Å². The van der Waals surface area contributed by atoms with Crippen LogP contribution in [0.4, 0.5) is 34.1 Å². The summed E-state index contributed by atoms with van der Waals surface area (Å²) in [6.45, 7) is 24.9. The summed E-state index contributed by atoms with van der Waals surface area (Å²) in [5.74, 6) is 0.851. The van der Waals surface area contributed by atoms with Crippen LogP contribution in [0.5, 0.6) is 0 Å². The number of aryl methyl sites for hydroxylation is 2. The number of piperazine rings is 2. The summed E-state index contributed by atoms with van der Waals surface area (Å²) in [5, 5.41) is 6.70. The van der Waals surface area contributed by atoms with Gasteiger partial charge in [-0.2, -0.15) is 0 Å². The zero-order valence-electron chi connectivity index (χ0n) is 33.8. The van der Waals surface area contributed by atoms with Gasteiger partial charge in [-0.1, -0.05) is 55.8 Å². The molecule has 0 aliphatic carbocycles. The van der Waals surface area contributed by atoms with Crippen LogP contribution in [0.2, 0.25) is 0 Å². The molecule has 55 heavy (non-hydrogen) atoms. The van der Waals surface area contributed by atoms with Crippen molar-refractivity contribution in [2.45, 2.75) is 66.5 Å². The molecule has 9 nitrogen and oxygen atoms in total. The van der Waals surface area contributed by atoms with Crippen LogP contribution in [0.1, 0.15) is 51.7 Å². The maximum Gasteiger partial charge on any atom is 0.235 e. The Morgan fingerprint density at radius 1 is 0.655 bits per heavy atom. The topological polar surface area (TPSA) is 92.5 Å². The van der Waals surface area contributed by atoms with Gasteiger partial charge in [0, 0.05) is 92.5 Å². The fraction of sp³-hybridized carbons (Fsp3) is 0.400. The zero-order valence-corrected chi connectivity index (χ0v) is 34.6. The molecule has 4 aromatic carbocycles. The van der Waals surface area contributed by atoms with Crippen LogP contribution in [0.3, 0.4) is 0 Å². The Morgan fingerprint density at radius 3 is 1.31 bits per heavy atom. The minimum absolute atomic E-state index is 0. The molecular weight excluding hydrogens is 704 g/mol. The number of isocyanates is 1. The predicted molar refractivity (Wildman–Crippen MR) is 239 cm³/mol. The van der Waals surface area contributed by atoms with Crippen LogP contribution in [-0.4, -0.2) is 70.5 Å². The number of nitrogen functional groups attached to an aromatic ring is 1. The third kappa shape index (κ3) is 14.6. The molecule has 296 valence electrons. The Hall–Kier alpha value is -5.11. The molecular formula is C45H63ClN8O. The van der Waals surface area contributed by atoms with E-state index in [1.165, 1.54) is 40.0 Å².